The van der Waals surface area contributed by atoms with Gasteiger partial charge in [-0.15, -0.1) is 5.10 Å². The minimum absolute atomic E-state index is 0.126. The monoisotopic (exact) mass is 288 g/mol. The number of sulfonamides is 1. The molecular formula is C13H12N4O2S. The van der Waals surface area contributed by atoms with Crippen molar-refractivity contribution in [3.63, 3.8) is 0 Å². The Morgan fingerprint density at radius 1 is 1.20 bits per heavy atom. The van der Waals surface area contributed by atoms with Crippen LogP contribution in [0.15, 0.2) is 47.5 Å². The lowest BCUT2D eigenvalue weighted by molar-refractivity contribution is 0.601. The fraction of sp³-hybridized carbons (Fsp3) is 0.0769. The van der Waals surface area contributed by atoms with E-state index >= 15 is 0 Å². The second kappa shape index (κ2) is 6.14. The SMILES string of the molecule is NCC#Cc1ccc(S(=O)(=O)Nc2cccnn2)cc1. The zero-order valence-electron chi connectivity index (χ0n) is 10.4. The van der Waals surface area contributed by atoms with Crippen LogP contribution in [0.25, 0.3) is 0 Å². The van der Waals surface area contributed by atoms with Crippen LogP contribution >= 0.6 is 0 Å². The summed E-state index contributed by atoms with van der Waals surface area (Å²) in [5.41, 5.74) is 5.97. The van der Waals surface area contributed by atoms with E-state index in [-0.39, 0.29) is 17.3 Å². The van der Waals surface area contributed by atoms with E-state index in [1.165, 1.54) is 24.4 Å². The molecule has 0 aliphatic rings. The summed E-state index contributed by atoms with van der Waals surface area (Å²) in [6.07, 6.45) is 1.46. The van der Waals surface area contributed by atoms with Gasteiger partial charge in [-0.3, -0.25) is 4.72 Å². The molecule has 102 valence electrons. The highest BCUT2D eigenvalue weighted by Crippen LogP contribution is 2.14. The lowest BCUT2D eigenvalue weighted by Crippen LogP contribution is -2.14. The number of anilines is 1. The van der Waals surface area contributed by atoms with Crippen molar-refractivity contribution in [1.82, 2.24) is 10.2 Å². The number of hydrogen-bond donors (Lipinski definition) is 2. The fourth-order valence-corrected chi connectivity index (χ4v) is 2.42. The lowest BCUT2D eigenvalue weighted by atomic mass is 10.2. The van der Waals surface area contributed by atoms with Crippen molar-refractivity contribution < 1.29 is 8.42 Å². The van der Waals surface area contributed by atoms with Crippen molar-refractivity contribution in [1.29, 1.82) is 0 Å². The second-order valence-electron chi connectivity index (χ2n) is 3.74. The van der Waals surface area contributed by atoms with E-state index in [1.54, 1.807) is 18.2 Å². The summed E-state index contributed by atoms with van der Waals surface area (Å²) in [5.74, 6) is 5.68. The van der Waals surface area contributed by atoms with Crippen molar-refractivity contribution in [2.45, 2.75) is 4.90 Å². The first-order valence-electron chi connectivity index (χ1n) is 5.71. The average molecular weight is 288 g/mol. The van der Waals surface area contributed by atoms with Crippen LogP contribution in [0, 0.1) is 11.8 Å². The molecular weight excluding hydrogens is 276 g/mol. The Balaban J connectivity index is 2.22. The van der Waals surface area contributed by atoms with E-state index < -0.39 is 10.0 Å². The average Bonchev–Trinajstić information content (AvgIpc) is 2.46. The summed E-state index contributed by atoms with van der Waals surface area (Å²) in [7, 11) is -3.68. The van der Waals surface area contributed by atoms with Gasteiger partial charge in [0.1, 0.15) is 0 Å². The van der Waals surface area contributed by atoms with E-state index in [1.807, 2.05) is 0 Å². The maximum absolute atomic E-state index is 12.1. The molecule has 0 fully saturated rings. The molecule has 0 amide bonds. The zero-order valence-corrected chi connectivity index (χ0v) is 11.3. The number of aromatic nitrogens is 2. The van der Waals surface area contributed by atoms with E-state index in [0.717, 1.165) is 0 Å². The first kappa shape index (κ1) is 14.0. The second-order valence-corrected chi connectivity index (χ2v) is 5.43. The molecule has 0 bridgehead atoms. The number of rotatable bonds is 3. The van der Waals surface area contributed by atoms with Gasteiger partial charge < -0.3 is 5.73 Å². The molecule has 0 aliphatic carbocycles. The van der Waals surface area contributed by atoms with Gasteiger partial charge in [-0.25, -0.2) is 8.42 Å². The Morgan fingerprint density at radius 3 is 2.55 bits per heavy atom. The van der Waals surface area contributed by atoms with Gasteiger partial charge in [0.25, 0.3) is 10.0 Å². The smallest absolute Gasteiger partial charge is 0.263 e. The highest BCUT2D eigenvalue weighted by molar-refractivity contribution is 7.92. The quantitative estimate of drug-likeness (QED) is 0.805. The van der Waals surface area contributed by atoms with Gasteiger partial charge in [-0.1, -0.05) is 11.8 Å². The first-order valence-corrected chi connectivity index (χ1v) is 7.20. The third kappa shape index (κ3) is 3.54. The molecule has 2 rings (SSSR count). The van der Waals surface area contributed by atoms with Gasteiger partial charge in [0.05, 0.1) is 11.4 Å². The van der Waals surface area contributed by atoms with Crippen molar-refractivity contribution >= 4 is 15.8 Å². The van der Waals surface area contributed by atoms with Gasteiger partial charge in [-0.05, 0) is 36.4 Å². The lowest BCUT2D eigenvalue weighted by Gasteiger charge is -2.06. The molecule has 1 heterocycles. The molecule has 0 spiro atoms. The normalized spacial score (nSPS) is 10.4. The van der Waals surface area contributed by atoms with E-state index in [4.69, 9.17) is 5.73 Å². The van der Waals surface area contributed by atoms with Crippen molar-refractivity contribution in [2.75, 3.05) is 11.3 Å². The van der Waals surface area contributed by atoms with Crippen molar-refractivity contribution in [2.24, 2.45) is 5.73 Å². The summed E-state index contributed by atoms with van der Waals surface area (Å²) in [6.45, 7) is 0.258. The molecule has 0 atom stereocenters. The van der Waals surface area contributed by atoms with E-state index in [9.17, 15) is 8.42 Å². The van der Waals surface area contributed by atoms with Gasteiger partial charge in [0, 0.05) is 11.8 Å². The molecule has 0 saturated carbocycles. The Hall–Kier alpha value is -2.43. The van der Waals surface area contributed by atoms with Gasteiger partial charge >= 0.3 is 0 Å². The van der Waals surface area contributed by atoms with Gasteiger partial charge in [0.15, 0.2) is 5.82 Å². The third-order valence-corrected chi connectivity index (χ3v) is 3.68. The van der Waals surface area contributed by atoms with E-state index in [0.29, 0.717) is 5.56 Å². The topological polar surface area (TPSA) is 98.0 Å². The van der Waals surface area contributed by atoms with Crippen LogP contribution in [0.4, 0.5) is 5.82 Å². The number of nitrogens with two attached hydrogens (primary N) is 1. The molecule has 2 aromatic rings. The predicted octanol–water partition coefficient (Wildman–Crippen LogP) is 0.588. The molecule has 0 saturated heterocycles. The molecule has 3 N–H and O–H groups in total. The van der Waals surface area contributed by atoms with Gasteiger partial charge in [0.2, 0.25) is 0 Å². The molecule has 6 nitrogen and oxygen atoms in total. The fourth-order valence-electron chi connectivity index (χ4n) is 1.42. The standard InChI is InChI=1S/C13H12N4O2S/c14-9-1-3-11-5-7-12(8-6-11)20(18,19)17-13-4-2-10-15-16-13/h2,4-8,10H,9,14H2,(H,16,17). The molecule has 1 aromatic carbocycles. The summed E-state index contributed by atoms with van der Waals surface area (Å²) in [5, 5.41) is 7.27. The summed E-state index contributed by atoms with van der Waals surface area (Å²) in [6, 6.07) is 9.29. The largest absolute Gasteiger partial charge is 0.320 e. The van der Waals surface area contributed by atoms with Crippen LogP contribution in [0.1, 0.15) is 5.56 Å². The molecule has 0 aliphatic heterocycles. The summed E-state index contributed by atoms with van der Waals surface area (Å²) in [4.78, 5) is 0.126. The molecule has 20 heavy (non-hydrogen) atoms. The Labute approximate surface area is 117 Å². The van der Waals surface area contributed by atoms with Crippen LogP contribution in [0.3, 0.4) is 0 Å². The Morgan fingerprint density at radius 2 is 1.95 bits per heavy atom. The van der Waals surface area contributed by atoms with Crippen LogP contribution in [0.5, 0.6) is 0 Å². The number of nitrogens with zero attached hydrogens (tertiary/aromatic N) is 2. The summed E-state index contributed by atoms with van der Waals surface area (Å²) < 4.78 is 26.5. The van der Waals surface area contributed by atoms with Crippen LogP contribution < -0.4 is 10.5 Å². The third-order valence-electron chi connectivity index (χ3n) is 2.31. The molecule has 1 aromatic heterocycles. The van der Waals surface area contributed by atoms with Gasteiger partial charge in [-0.2, -0.15) is 5.10 Å². The number of nitrogens with one attached hydrogen (secondary N) is 1. The molecule has 0 radical (unpaired) electrons. The summed E-state index contributed by atoms with van der Waals surface area (Å²) >= 11 is 0. The van der Waals surface area contributed by atoms with E-state index in [2.05, 4.69) is 26.8 Å². The number of hydrogen-bond acceptors (Lipinski definition) is 5. The highest BCUT2D eigenvalue weighted by atomic mass is 32.2. The maximum atomic E-state index is 12.1. The minimum Gasteiger partial charge on any atom is -0.320 e. The predicted molar refractivity (Wildman–Crippen MR) is 75.2 cm³/mol. The highest BCUT2D eigenvalue weighted by Gasteiger charge is 2.14. The van der Waals surface area contributed by atoms with Crippen LogP contribution in [-0.4, -0.2) is 25.2 Å². The van der Waals surface area contributed by atoms with Crippen molar-refractivity contribution in [3.05, 3.63) is 48.2 Å². The zero-order chi connectivity index (χ0) is 14.4. The molecule has 7 heteroatoms. The maximum Gasteiger partial charge on any atom is 0.263 e. The molecule has 0 unspecified atom stereocenters. The number of benzene rings is 1. The van der Waals surface area contributed by atoms with Crippen LogP contribution in [0.2, 0.25) is 0 Å². The first-order chi connectivity index (χ1) is 9.62. The van der Waals surface area contributed by atoms with Crippen LogP contribution in [-0.2, 0) is 10.0 Å². The minimum atomic E-state index is -3.68. The Kier molecular flexibility index (Phi) is 4.30. The van der Waals surface area contributed by atoms with Crippen molar-refractivity contribution in [3.8, 4) is 11.8 Å². The Bertz CT molecular complexity index is 731.